The molecule has 1 aromatic carbocycles. The normalized spacial score (nSPS) is 20.2. The summed E-state index contributed by atoms with van der Waals surface area (Å²) in [5, 5.41) is 2.77. The predicted octanol–water partition coefficient (Wildman–Crippen LogP) is 2.25. The number of rotatable bonds is 2. The number of anilines is 1. The van der Waals surface area contributed by atoms with Crippen molar-refractivity contribution in [1.82, 2.24) is 4.98 Å². The van der Waals surface area contributed by atoms with Gasteiger partial charge in [0.2, 0.25) is 6.10 Å². The summed E-state index contributed by atoms with van der Waals surface area (Å²) in [6, 6.07) is 10.8. The van der Waals surface area contributed by atoms with E-state index in [9.17, 15) is 4.79 Å². The summed E-state index contributed by atoms with van der Waals surface area (Å²) in [7, 11) is 0. The predicted molar refractivity (Wildman–Crippen MR) is 73.8 cm³/mol. The number of nitrogens with one attached hydrogen (secondary N) is 1. The van der Waals surface area contributed by atoms with Gasteiger partial charge in [0.05, 0.1) is 11.9 Å². The van der Waals surface area contributed by atoms with E-state index in [0.29, 0.717) is 17.2 Å². The molecule has 0 bridgehead atoms. The number of nitrogens with zero attached hydrogens (tertiary/aromatic N) is 1. The number of hydrogen-bond acceptors (Lipinski definition) is 4. The van der Waals surface area contributed by atoms with Crippen LogP contribution in [0.4, 0.5) is 5.69 Å². The molecule has 102 valence electrons. The third-order valence-electron chi connectivity index (χ3n) is 3.03. The highest BCUT2D eigenvalue weighted by atomic mass is 16.6. The van der Waals surface area contributed by atoms with Crippen molar-refractivity contribution < 1.29 is 14.3 Å². The van der Waals surface area contributed by atoms with Gasteiger partial charge in [0.1, 0.15) is 6.10 Å². The second kappa shape index (κ2) is 5.21. The Balaban J connectivity index is 1.76. The lowest BCUT2D eigenvalue weighted by molar-refractivity contribution is -0.128. The lowest BCUT2D eigenvalue weighted by Crippen LogP contribution is -2.46. The number of pyridine rings is 1. The maximum absolute atomic E-state index is 12.2. The Hall–Kier alpha value is -2.56. The van der Waals surface area contributed by atoms with Crippen LogP contribution in [0, 0.1) is 0 Å². The van der Waals surface area contributed by atoms with Crippen molar-refractivity contribution in [2.75, 3.05) is 5.32 Å². The Labute approximate surface area is 116 Å². The second-order valence-corrected chi connectivity index (χ2v) is 4.54. The van der Waals surface area contributed by atoms with Gasteiger partial charge in [0.15, 0.2) is 11.5 Å². The molecule has 5 heteroatoms. The van der Waals surface area contributed by atoms with E-state index < -0.39 is 6.10 Å². The van der Waals surface area contributed by atoms with Crippen LogP contribution in [0.2, 0.25) is 0 Å². The van der Waals surface area contributed by atoms with Crippen LogP contribution in [0.5, 0.6) is 11.5 Å². The molecule has 2 aromatic rings. The number of ether oxygens (including phenoxy) is 2. The van der Waals surface area contributed by atoms with Gasteiger partial charge < -0.3 is 14.8 Å². The molecule has 3 rings (SSSR count). The molecular weight excluding hydrogens is 256 g/mol. The van der Waals surface area contributed by atoms with Gasteiger partial charge in [-0.15, -0.1) is 0 Å². The first kappa shape index (κ1) is 12.5. The quantitative estimate of drug-likeness (QED) is 0.909. The van der Waals surface area contributed by atoms with Crippen molar-refractivity contribution in [3.63, 3.8) is 0 Å². The molecule has 0 saturated heterocycles. The van der Waals surface area contributed by atoms with E-state index in [1.807, 2.05) is 25.1 Å². The molecule has 0 saturated carbocycles. The summed E-state index contributed by atoms with van der Waals surface area (Å²) in [4.78, 5) is 16.2. The Morgan fingerprint density at radius 2 is 1.90 bits per heavy atom. The fourth-order valence-electron chi connectivity index (χ4n) is 2.06. The SMILES string of the molecule is C[C@@H]1Oc2ccccc2O[C@@H]1C(=O)Nc1cccnc1. The molecule has 20 heavy (non-hydrogen) atoms. The molecule has 1 aromatic heterocycles. The van der Waals surface area contributed by atoms with E-state index in [1.54, 1.807) is 30.6 Å². The molecule has 0 unspecified atom stereocenters. The summed E-state index contributed by atoms with van der Waals surface area (Å²) in [5.41, 5.74) is 0.632. The Bertz CT molecular complexity index is 616. The molecule has 0 aliphatic carbocycles. The number of benzene rings is 1. The van der Waals surface area contributed by atoms with Crippen molar-refractivity contribution in [2.24, 2.45) is 0 Å². The van der Waals surface area contributed by atoms with Gasteiger partial charge in [-0.2, -0.15) is 0 Å². The first-order chi connectivity index (χ1) is 9.74. The minimum Gasteiger partial charge on any atom is -0.482 e. The van der Waals surface area contributed by atoms with Crippen LogP contribution in [0.25, 0.3) is 0 Å². The highest BCUT2D eigenvalue weighted by Crippen LogP contribution is 2.33. The highest BCUT2D eigenvalue weighted by Gasteiger charge is 2.34. The molecule has 1 aliphatic rings. The van der Waals surface area contributed by atoms with Gasteiger partial charge in [0.25, 0.3) is 5.91 Å². The average molecular weight is 270 g/mol. The average Bonchev–Trinajstić information content (AvgIpc) is 2.47. The second-order valence-electron chi connectivity index (χ2n) is 4.54. The van der Waals surface area contributed by atoms with E-state index in [4.69, 9.17) is 9.47 Å². The summed E-state index contributed by atoms with van der Waals surface area (Å²) >= 11 is 0. The largest absolute Gasteiger partial charge is 0.482 e. The van der Waals surface area contributed by atoms with Crippen LogP contribution < -0.4 is 14.8 Å². The van der Waals surface area contributed by atoms with E-state index in [2.05, 4.69) is 10.3 Å². The van der Waals surface area contributed by atoms with Crippen molar-refractivity contribution in [3.8, 4) is 11.5 Å². The lowest BCUT2D eigenvalue weighted by Gasteiger charge is -2.30. The number of carbonyl (C=O) groups is 1. The zero-order valence-electron chi connectivity index (χ0n) is 10.9. The summed E-state index contributed by atoms with van der Waals surface area (Å²) in [5.74, 6) is 0.988. The van der Waals surface area contributed by atoms with E-state index in [1.165, 1.54) is 0 Å². The first-order valence-electron chi connectivity index (χ1n) is 6.37. The molecule has 0 radical (unpaired) electrons. The summed E-state index contributed by atoms with van der Waals surface area (Å²) in [6.45, 7) is 1.81. The third-order valence-corrected chi connectivity index (χ3v) is 3.03. The van der Waals surface area contributed by atoms with Crippen LogP contribution in [0.3, 0.4) is 0 Å². The lowest BCUT2D eigenvalue weighted by atomic mass is 10.1. The zero-order chi connectivity index (χ0) is 13.9. The fourth-order valence-corrected chi connectivity index (χ4v) is 2.06. The van der Waals surface area contributed by atoms with Gasteiger partial charge in [-0.3, -0.25) is 9.78 Å². The van der Waals surface area contributed by atoms with E-state index in [0.717, 1.165) is 0 Å². The number of aromatic nitrogens is 1. The number of para-hydroxylation sites is 2. The topological polar surface area (TPSA) is 60.5 Å². The van der Waals surface area contributed by atoms with Crippen LogP contribution in [-0.4, -0.2) is 23.1 Å². The first-order valence-corrected chi connectivity index (χ1v) is 6.37. The molecule has 1 amide bonds. The minimum atomic E-state index is -0.690. The standard InChI is InChI=1S/C15H14N2O3/c1-10-14(15(18)17-11-5-4-8-16-9-11)20-13-7-3-2-6-12(13)19-10/h2-10,14H,1H3,(H,17,18)/t10-,14-/m0/s1. The number of amides is 1. The van der Waals surface area contributed by atoms with E-state index in [-0.39, 0.29) is 12.0 Å². The van der Waals surface area contributed by atoms with Crippen molar-refractivity contribution in [1.29, 1.82) is 0 Å². The molecule has 1 N–H and O–H groups in total. The van der Waals surface area contributed by atoms with Crippen molar-refractivity contribution in [3.05, 3.63) is 48.8 Å². The van der Waals surface area contributed by atoms with Gasteiger partial charge in [-0.25, -0.2) is 0 Å². The smallest absolute Gasteiger partial charge is 0.269 e. The van der Waals surface area contributed by atoms with Crippen LogP contribution in [0.15, 0.2) is 48.8 Å². The molecule has 0 spiro atoms. The maximum Gasteiger partial charge on any atom is 0.269 e. The molecule has 2 heterocycles. The van der Waals surface area contributed by atoms with Gasteiger partial charge in [-0.05, 0) is 31.2 Å². The van der Waals surface area contributed by atoms with Crippen LogP contribution in [-0.2, 0) is 4.79 Å². The van der Waals surface area contributed by atoms with Crippen LogP contribution >= 0.6 is 0 Å². The summed E-state index contributed by atoms with van der Waals surface area (Å²) < 4.78 is 11.4. The Morgan fingerprint density at radius 3 is 2.60 bits per heavy atom. The maximum atomic E-state index is 12.2. The molecule has 5 nitrogen and oxygen atoms in total. The fraction of sp³-hybridized carbons (Fsp3) is 0.200. The zero-order valence-corrected chi connectivity index (χ0v) is 10.9. The monoisotopic (exact) mass is 270 g/mol. The molecule has 1 aliphatic heterocycles. The van der Waals surface area contributed by atoms with Gasteiger partial charge in [0, 0.05) is 6.20 Å². The van der Waals surface area contributed by atoms with E-state index >= 15 is 0 Å². The van der Waals surface area contributed by atoms with Gasteiger partial charge in [-0.1, -0.05) is 12.1 Å². The number of carbonyl (C=O) groups excluding carboxylic acids is 1. The third kappa shape index (κ3) is 2.42. The minimum absolute atomic E-state index is 0.250. The van der Waals surface area contributed by atoms with Gasteiger partial charge >= 0.3 is 0 Å². The Kier molecular flexibility index (Phi) is 3.25. The molecule has 0 fully saturated rings. The van der Waals surface area contributed by atoms with Crippen LogP contribution in [0.1, 0.15) is 6.92 Å². The van der Waals surface area contributed by atoms with Crippen molar-refractivity contribution >= 4 is 11.6 Å². The molecule has 2 atom stereocenters. The number of hydrogen-bond donors (Lipinski definition) is 1. The van der Waals surface area contributed by atoms with Crippen molar-refractivity contribution in [2.45, 2.75) is 19.1 Å². The summed E-state index contributed by atoms with van der Waals surface area (Å²) in [6.07, 6.45) is 2.18. The highest BCUT2D eigenvalue weighted by molar-refractivity contribution is 5.94. The Morgan fingerprint density at radius 1 is 1.15 bits per heavy atom. The number of fused-ring (bicyclic) bond motifs is 1. The molecular formula is C15H14N2O3.